The molecule has 2 aromatic carbocycles. The second kappa shape index (κ2) is 5.38. The van der Waals surface area contributed by atoms with Gasteiger partial charge in [0, 0.05) is 5.69 Å². The fourth-order valence-corrected chi connectivity index (χ4v) is 2.19. The van der Waals surface area contributed by atoms with Crippen molar-refractivity contribution in [3.05, 3.63) is 46.4 Å². The smallest absolute Gasteiger partial charge is 0.142 e. The van der Waals surface area contributed by atoms with Gasteiger partial charge in [0.15, 0.2) is 0 Å². The minimum absolute atomic E-state index is 0.464. The molecule has 0 saturated heterocycles. The Morgan fingerprint density at radius 2 is 1.72 bits per heavy atom. The van der Waals surface area contributed by atoms with Crippen LogP contribution in [0.5, 0.6) is 5.75 Å². The number of halogens is 2. The number of hydrogen-bond donors (Lipinski definition) is 2. The van der Waals surface area contributed by atoms with Crippen LogP contribution >= 0.6 is 23.2 Å². The number of nitrogen functional groups attached to an aromatic ring is 1. The molecule has 0 radical (unpaired) electrons. The van der Waals surface area contributed by atoms with Gasteiger partial charge >= 0.3 is 0 Å². The van der Waals surface area contributed by atoms with E-state index in [1.807, 2.05) is 24.3 Å². The summed E-state index contributed by atoms with van der Waals surface area (Å²) < 4.78 is 5.25. The monoisotopic (exact) mass is 282 g/mol. The third kappa shape index (κ3) is 2.63. The van der Waals surface area contributed by atoms with Crippen LogP contribution in [0.4, 0.5) is 17.1 Å². The number of hydrogen-bond acceptors (Lipinski definition) is 3. The summed E-state index contributed by atoms with van der Waals surface area (Å²) in [7, 11) is 1.60. The SMILES string of the molecule is COc1ccccc1Nc1c(Cl)cc(N)cc1Cl. The molecule has 0 amide bonds. The maximum absolute atomic E-state index is 6.11. The van der Waals surface area contributed by atoms with Crippen molar-refractivity contribution in [3.63, 3.8) is 0 Å². The highest BCUT2D eigenvalue weighted by atomic mass is 35.5. The van der Waals surface area contributed by atoms with Gasteiger partial charge in [-0.05, 0) is 24.3 Å². The van der Waals surface area contributed by atoms with Crippen LogP contribution in [0.1, 0.15) is 0 Å². The van der Waals surface area contributed by atoms with Crippen LogP contribution < -0.4 is 15.8 Å². The molecule has 5 heteroatoms. The Labute approximate surface area is 115 Å². The number of para-hydroxylation sites is 2. The van der Waals surface area contributed by atoms with Gasteiger partial charge in [-0.15, -0.1) is 0 Å². The zero-order valence-electron chi connectivity index (χ0n) is 9.71. The first kappa shape index (κ1) is 12.9. The molecule has 3 N–H and O–H groups in total. The van der Waals surface area contributed by atoms with Crippen LogP contribution in [0.2, 0.25) is 10.0 Å². The topological polar surface area (TPSA) is 47.3 Å². The fraction of sp³-hybridized carbons (Fsp3) is 0.0769. The Bertz CT molecular complexity index is 550. The van der Waals surface area contributed by atoms with Gasteiger partial charge in [0.25, 0.3) is 0 Å². The van der Waals surface area contributed by atoms with Gasteiger partial charge in [-0.1, -0.05) is 35.3 Å². The van der Waals surface area contributed by atoms with E-state index in [2.05, 4.69) is 5.32 Å². The Morgan fingerprint density at radius 1 is 1.11 bits per heavy atom. The minimum atomic E-state index is 0.464. The molecule has 0 aliphatic heterocycles. The number of methoxy groups -OCH3 is 1. The van der Waals surface area contributed by atoms with Crippen LogP contribution in [0, 0.1) is 0 Å². The predicted molar refractivity (Wildman–Crippen MR) is 77.2 cm³/mol. The van der Waals surface area contributed by atoms with Crippen molar-refractivity contribution < 1.29 is 4.74 Å². The molecule has 0 spiro atoms. The van der Waals surface area contributed by atoms with Gasteiger partial charge in [0.1, 0.15) is 5.75 Å². The summed E-state index contributed by atoms with van der Waals surface area (Å²) in [6.07, 6.45) is 0. The number of nitrogens with one attached hydrogen (secondary N) is 1. The van der Waals surface area contributed by atoms with E-state index in [-0.39, 0.29) is 0 Å². The summed E-state index contributed by atoms with van der Waals surface area (Å²) in [5.74, 6) is 0.710. The molecule has 0 saturated carbocycles. The third-order valence-corrected chi connectivity index (χ3v) is 3.03. The Hall–Kier alpha value is -1.58. The first-order valence-electron chi connectivity index (χ1n) is 5.26. The molecule has 0 fully saturated rings. The number of benzene rings is 2. The first-order valence-corrected chi connectivity index (χ1v) is 6.02. The second-order valence-electron chi connectivity index (χ2n) is 3.68. The van der Waals surface area contributed by atoms with Crippen molar-refractivity contribution in [2.75, 3.05) is 18.2 Å². The molecule has 0 aliphatic rings. The van der Waals surface area contributed by atoms with Gasteiger partial charge in [-0.2, -0.15) is 0 Å². The lowest BCUT2D eigenvalue weighted by molar-refractivity contribution is 0.417. The van der Waals surface area contributed by atoms with E-state index in [1.54, 1.807) is 19.2 Å². The molecule has 0 bridgehead atoms. The van der Waals surface area contributed by atoms with E-state index in [1.165, 1.54) is 0 Å². The molecule has 0 unspecified atom stereocenters. The largest absolute Gasteiger partial charge is 0.495 e. The average Bonchev–Trinajstić information content (AvgIpc) is 2.34. The first-order chi connectivity index (χ1) is 8.61. The summed E-state index contributed by atoms with van der Waals surface area (Å²) >= 11 is 12.2. The highest BCUT2D eigenvalue weighted by Gasteiger charge is 2.09. The van der Waals surface area contributed by atoms with Crippen LogP contribution in [0.15, 0.2) is 36.4 Å². The van der Waals surface area contributed by atoms with Crippen LogP contribution in [0.3, 0.4) is 0 Å². The molecule has 18 heavy (non-hydrogen) atoms. The van der Waals surface area contributed by atoms with Gasteiger partial charge in [-0.3, -0.25) is 0 Å². The summed E-state index contributed by atoms with van der Waals surface area (Å²) in [5, 5.41) is 4.07. The molecule has 2 aromatic rings. The van der Waals surface area contributed by atoms with E-state index < -0.39 is 0 Å². The van der Waals surface area contributed by atoms with Gasteiger partial charge < -0.3 is 15.8 Å². The van der Waals surface area contributed by atoms with E-state index in [9.17, 15) is 0 Å². The second-order valence-corrected chi connectivity index (χ2v) is 4.50. The number of rotatable bonds is 3. The van der Waals surface area contributed by atoms with E-state index in [4.69, 9.17) is 33.7 Å². The number of anilines is 3. The Morgan fingerprint density at radius 3 is 2.33 bits per heavy atom. The van der Waals surface area contributed by atoms with Crippen molar-refractivity contribution in [1.29, 1.82) is 0 Å². The third-order valence-electron chi connectivity index (χ3n) is 2.43. The fourth-order valence-electron chi connectivity index (χ4n) is 1.59. The van der Waals surface area contributed by atoms with Crippen LogP contribution in [-0.2, 0) is 0 Å². The lowest BCUT2D eigenvalue weighted by atomic mass is 10.2. The molecule has 0 aromatic heterocycles. The molecule has 2 rings (SSSR count). The molecule has 0 heterocycles. The maximum Gasteiger partial charge on any atom is 0.142 e. The van der Waals surface area contributed by atoms with E-state index >= 15 is 0 Å². The molecular weight excluding hydrogens is 271 g/mol. The van der Waals surface area contributed by atoms with Crippen molar-refractivity contribution in [2.24, 2.45) is 0 Å². The summed E-state index contributed by atoms with van der Waals surface area (Å²) in [4.78, 5) is 0. The number of ether oxygens (including phenoxy) is 1. The van der Waals surface area contributed by atoms with Crippen molar-refractivity contribution in [2.45, 2.75) is 0 Å². The highest BCUT2D eigenvalue weighted by molar-refractivity contribution is 6.39. The zero-order valence-corrected chi connectivity index (χ0v) is 11.2. The van der Waals surface area contributed by atoms with Crippen LogP contribution in [0.25, 0.3) is 0 Å². The van der Waals surface area contributed by atoms with Gasteiger partial charge in [-0.25, -0.2) is 0 Å². The Balaban J connectivity index is 2.40. The van der Waals surface area contributed by atoms with Crippen molar-refractivity contribution >= 4 is 40.3 Å². The van der Waals surface area contributed by atoms with E-state index in [0.29, 0.717) is 27.2 Å². The van der Waals surface area contributed by atoms with Gasteiger partial charge in [0.2, 0.25) is 0 Å². The molecule has 94 valence electrons. The van der Waals surface area contributed by atoms with Crippen molar-refractivity contribution in [1.82, 2.24) is 0 Å². The maximum atomic E-state index is 6.11. The average molecular weight is 283 g/mol. The van der Waals surface area contributed by atoms with Gasteiger partial charge in [0.05, 0.1) is 28.5 Å². The lowest BCUT2D eigenvalue weighted by Crippen LogP contribution is -1.97. The minimum Gasteiger partial charge on any atom is -0.495 e. The van der Waals surface area contributed by atoms with E-state index in [0.717, 1.165) is 5.69 Å². The van der Waals surface area contributed by atoms with Crippen LogP contribution in [-0.4, -0.2) is 7.11 Å². The predicted octanol–water partition coefficient (Wildman–Crippen LogP) is 4.33. The zero-order chi connectivity index (χ0) is 13.1. The standard InChI is InChI=1S/C13H12Cl2N2O/c1-18-12-5-3-2-4-11(12)17-13-9(14)6-8(16)7-10(13)15/h2-7,17H,16H2,1H3. The number of nitrogens with two attached hydrogens (primary N) is 1. The van der Waals surface area contributed by atoms with Crippen molar-refractivity contribution in [3.8, 4) is 5.75 Å². The quantitative estimate of drug-likeness (QED) is 0.824. The molecule has 0 aliphatic carbocycles. The summed E-state index contributed by atoms with van der Waals surface area (Å²) in [5.41, 5.74) is 7.57. The molecule has 3 nitrogen and oxygen atoms in total. The molecule has 0 atom stereocenters. The highest BCUT2D eigenvalue weighted by Crippen LogP contribution is 2.37. The Kier molecular flexibility index (Phi) is 3.84. The molecular formula is C13H12Cl2N2O. The normalized spacial score (nSPS) is 10.2. The summed E-state index contributed by atoms with van der Waals surface area (Å²) in [6, 6.07) is 10.8. The summed E-state index contributed by atoms with van der Waals surface area (Å²) in [6.45, 7) is 0. The lowest BCUT2D eigenvalue weighted by Gasteiger charge is -2.14.